The van der Waals surface area contributed by atoms with Crippen molar-refractivity contribution in [2.45, 2.75) is 20.8 Å². The summed E-state index contributed by atoms with van der Waals surface area (Å²) in [6.45, 7) is 6.39. The zero-order chi connectivity index (χ0) is 21.1. The zero-order valence-electron chi connectivity index (χ0n) is 16.6. The van der Waals surface area contributed by atoms with Crippen LogP contribution in [0.1, 0.15) is 23.7 Å². The van der Waals surface area contributed by atoms with Gasteiger partial charge >= 0.3 is 0 Å². The van der Waals surface area contributed by atoms with E-state index >= 15 is 0 Å². The lowest BCUT2D eigenvalue weighted by Gasteiger charge is -2.19. The van der Waals surface area contributed by atoms with Crippen LogP contribution in [0.25, 0.3) is 6.08 Å². The number of aryl methyl sites for hydroxylation is 2. The predicted octanol–water partition coefficient (Wildman–Crippen LogP) is 4.29. The van der Waals surface area contributed by atoms with Crippen LogP contribution >= 0.6 is 35.3 Å². The molecule has 0 spiro atoms. The Balaban J connectivity index is 1.86. The maximum atomic E-state index is 12.6. The number of carbonyl (C=O) groups excluding carboxylic acids is 2. The summed E-state index contributed by atoms with van der Waals surface area (Å²) >= 11 is 7.89. The summed E-state index contributed by atoms with van der Waals surface area (Å²) < 4.78 is 5.54. The Bertz CT molecular complexity index is 1000. The highest BCUT2D eigenvalue weighted by molar-refractivity contribution is 8.26. The van der Waals surface area contributed by atoms with Crippen molar-refractivity contribution in [3.05, 3.63) is 45.3 Å². The van der Waals surface area contributed by atoms with Crippen molar-refractivity contribution in [3.8, 4) is 0 Å². The van der Waals surface area contributed by atoms with Gasteiger partial charge in [0.15, 0.2) is 5.13 Å². The summed E-state index contributed by atoms with van der Waals surface area (Å²) in [5, 5.41) is 2.38. The molecule has 1 saturated heterocycles. The molecule has 0 aliphatic carbocycles. The molecule has 152 valence electrons. The Hall–Kier alpha value is -2.07. The van der Waals surface area contributed by atoms with E-state index in [1.807, 2.05) is 37.4 Å². The van der Waals surface area contributed by atoms with Crippen LogP contribution in [-0.2, 0) is 14.3 Å². The first-order chi connectivity index (χ1) is 13.8. The highest BCUT2D eigenvalue weighted by Crippen LogP contribution is 2.34. The summed E-state index contributed by atoms with van der Waals surface area (Å²) in [6, 6.07) is 5.87. The standard InChI is InChI=1S/C20H21N3O3S3/c1-12-5-6-16(9-13(12)2)23(14(3)24)19-21-15(11-28-19)10-17-18(25)22(7-8-26-4)20(27)29-17/h5-6,9-11H,7-8H2,1-4H3/b17-10+. The molecule has 6 nitrogen and oxygen atoms in total. The molecule has 1 aromatic heterocycles. The van der Waals surface area contributed by atoms with Gasteiger partial charge in [0, 0.05) is 19.4 Å². The first kappa shape index (κ1) is 21.6. The average molecular weight is 448 g/mol. The minimum atomic E-state index is -0.149. The van der Waals surface area contributed by atoms with Crippen LogP contribution in [0.2, 0.25) is 0 Å². The van der Waals surface area contributed by atoms with E-state index < -0.39 is 0 Å². The van der Waals surface area contributed by atoms with Gasteiger partial charge < -0.3 is 4.74 Å². The number of hydrogen-bond acceptors (Lipinski definition) is 7. The van der Waals surface area contributed by atoms with Crippen molar-refractivity contribution in [1.82, 2.24) is 9.88 Å². The Morgan fingerprint density at radius 1 is 1.34 bits per heavy atom. The molecule has 0 saturated carbocycles. The second-order valence-electron chi connectivity index (χ2n) is 6.50. The molecule has 3 rings (SSSR count). The number of thiazole rings is 1. The molecule has 0 atom stereocenters. The van der Waals surface area contributed by atoms with E-state index in [2.05, 4.69) is 4.98 Å². The Kier molecular flexibility index (Phi) is 6.84. The van der Waals surface area contributed by atoms with Crippen molar-refractivity contribution in [2.24, 2.45) is 0 Å². The maximum Gasteiger partial charge on any atom is 0.266 e. The van der Waals surface area contributed by atoms with Crippen LogP contribution in [0.5, 0.6) is 0 Å². The Labute approximate surface area is 183 Å². The van der Waals surface area contributed by atoms with Gasteiger partial charge in [-0.1, -0.05) is 30.0 Å². The highest BCUT2D eigenvalue weighted by atomic mass is 32.2. The van der Waals surface area contributed by atoms with Crippen molar-refractivity contribution in [1.29, 1.82) is 0 Å². The molecule has 9 heteroatoms. The SMILES string of the molecule is COCCN1C(=O)/C(=C\c2csc(N(C(C)=O)c3ccc(C)c(C)c3)n2)SC1=S. The van der Waals surface area contributed by atoms with Crippen LogP contribution in [0.3, 0.4) is 0 Å². The number of aromatic nitrogens is 1. The smallest absolute Gasteiger partial charge is 0.266 e. The van der Waals surface area contributed by atoms with Crippen molar-refractivity contribution >= 4 is 68.3 Å². The summed E-state index contributed by atoms with van der Waals surface area (Å²) in [5.74, 6) is -0.274. The number of nitrogens with zero attached hydrogens (tertiary/aromatic N) is 3. The highest BCUT2D eigenvalue weighted by Gasteiger charge is 2.32. The molecule has 2 heterocycles. The molecule has 29 heavy (non-hydrogen) atoms. The number of thioether (sulfide) groups is 1. The molecule has 1 aliphatic rings. The van der Waals surface area contributed by atoms with Gasteiger partial charge in [0.1, 0.15) is 4.32 Å². The molecule has 2 amide bonds. The van der Waals surface area contributed by atoms with E-state index in [1.54, 1.807) is 18.1 Å². The molecular formula is C20H21N3O3S3. The molecule has 0 bridgehead atoms. The van der Waals surface area contributed by atoms with E-state index in [0.717, 1.165) is 16.8 Å². The van der Waals surface area contributed by atoms with Crippen LogP contribution in [0.4, 0.5) is 10.8 Å². The monoisotopic (exact) mass is 447 g/mol. The normalized spacial score (nSPS) is 15.4. The topological polar surface area (TPSA) is 62.7 Å². The van der Waals surface area contributed by atoms with E-state index in [-0.39, 0.29) is 11.8 Å². The molecule has 0 radical (unpaired) electrons. The second-order valence-corrected chi connectivity index (χ2v) is 9.02. The fourth-order valence-electron chi connectivity index (χ4n) is 2.75. The van der Waals surface area contributed by atoms with Crippen LogP contribution < -0.4 is 4.90 Å². The van der Waals surface area contributed by atoms with E-state index in [9.17, 15) is 9.59 Å². The van der Waals surface area contributed by atoms with Gasteiger partial charge in [0.05, 0.1) is 29.4 Å². The van der Waals surface area contributed by atoms with Crippen molar-refractivity contribution in [3.63, 3.8) is 0 Å². The van der Waals surface area contributed by atoms with Gasteiger partial charge in [0.25, 0.3) is 5.91 Å². The fourth-order valence-corrected chi connectivity index (χ4v) is 4.88. The molecule has 1 aromatic carbocycles. The van der Waals surface area contributed by atoms with Crippen molar-refractivity contribution < 1.29 is 14.3 Å². The number of rotatable bonds is 6. The number of hydrogen-bond donors (Lipinski definition) is 0. The van der Waals surface area contributed by atoms with Gasteiger partial charge in [-0.15, -0.1) is 11.3 Å². The van der Waals surface area contributed by atoms with Gasteiger partial charge in [-0.25, -0.2) is 4.98 Å². The summed E-state index contributed by atoms with van der Waals surface area (Å²) in [7, 11) is 1.58. The van der Waals surface area contributed by atoms with Gasteiger partial charge in [0.2, 0.25) is 5.91 Å². The number of carbonyl (C=O) groups is 2. The number of amides is 2. The van der Waals surface area contributed by atoms with Crippen molar-refractivity contribution in [2.75, 3.05) is 25.2 Å². The van der Waals surface area contributed by atoms with E-state index in [1.165, 1.54) is 34.9 Å². The summed E-state index contributed by atoms with van der Waals surface area (Å²) in [5.41, 5.74) is 3.65. The molecule has 0 unspecified atom stereocenters. The number of anilines is 2. The second kappa shape index (κ2) is 9.17. The Morgan fingerprint density at radius 2 is 2.10 bits per heavy atom. The van der Waals surface area contributed by atoms with E-state index in [4.69, 9.17) is 17.0 Å². The zero-order valence-corrected chi connectivity index (χ0v) is 19.0. The quantitative estimate of drug-likeness (QED) is 0.486. The lowest BCUT2D eigenvalue weighted by Crippen LogP contribution is -2.31. The molecule has 2 aromatic rings. The third kappa shape index (κ3) is 4.75. The third-order valence-corrected chi connectivity index (χ3v) is 6.66. The number of methoxy groups -OCH3 is 1. The molecule has 1 aliphatic heterocycles. The minimum Gasteiger partial charge on any atom is -0.383 e. The first-order valence-corrected chi connectivity index (χ1v) is 11.0. The van der Waals surface area contributed by atoms with Crippen LogP contribution in [0, 0.1) is 13.8 Å². The summed E-state index contributed by atoms with van der Waals surface area (Å²) in [6.07, 6.45) is 1.71. The molecule has 0 N–H and O–H groups in total. The Morgan fingerprint density at radius 3 is 2.76 bits per heavy atom. The largest absolute Gasteiger partial charge is 0.383 e. The first-order valence-electron chi connectivity index (χ1n) is 8.89. The van der Waals surface area contributed by atoms with Gasteiger partial charge in [-0.3, -0.25) is 19.4 Å². The fraction of sp³-hybridized carbons (Fsp3) is 0.300. The third-order valence-electron chi connectivity index (χ3n) is 4.44. The maximum absolute atomic E-state index is 12.6. The lowest BCUT2D eigenvalue weighted by molar-refractivity contribution is -0.122. The lowest BCUT2D eigenvalue weighted by atomic mass is 10.1. The average Bonchev–Trinajstić information content (AvgIpc) is 3.21. The minimum absolute atomic E-state index is 0.125. The van der Waals surface area contributed by atoms with Gasteiger partial charge in [-0.05, 0) is 43.2 Å². The van der Waals surface area contributed by atoms with Crippen LogP contribution in [-0.4, -0.2) is 46.3 Å². The molecule has 1 fully saturated rings. The predicted molar refractivity (Wildman–Crippen MR) is 123 cm³/mol. The van der Waals surface area contributed by atoms with Gasteiger partial charge in [-0.2, -0.15) is 0 Å². The molecular weight excluding hydrogens is 426 g/mol. The van der Waals surface area contributed by atoms with Crippen LogP contribution in [0.15, 0.2) is 28.5 Å². The number of thiocarbonyl (C=S) groups is 1. The number of benzene rings is 1. The summed E-state index contributed by atoms with van der Waals surface area (Å²) in [4.78, 5) is 33.1. The van der Waals surface area contributed by atoms with E-state index in [0.29, 0.717) is 33.2 Å². The number of ether oxygens (including phenoxy) is 1.